The van der Waals surface area contributed by atoms with Gasteiger partial charge in [0, 0.05) is 17.6 Å². The maximum Gasteiger partial charge on any atom is 0.264 e. The summed E-state index contributed by atoms with van der Waals surface area (Å²) >= 11 is 18.7. The molecule has 11 heteroatoms. The maximum absolute atomic E-state index is 14.0. The standard InChI is InChI=1S/C28H30Cl3N3O4S/c1-4-26(28(36)32-19(2)3)33(17-20-10-8-9-13-23(20)29)27(35)18-34(21-14-15-24(30)25(31)16-21)39(37,38)22-11-6-5-7-12-22/h5-16,19,26H,4,17-18H2,1-3H3,(H,32,36). The summed E-state index contributed by atoms with van der Waals surface area (Å²) in [5.74, 6) is -0.939. The lowest BCUT2D eigenvalue weighted by atomic mass is 10.1. The van der Waals surface area contributed by atoms with Crippen molar-refractivity contribution in [3.05, 3.63) is 93.4 Å². The lowest BCUT2D eigenvalue weighted by Crippen LogP contribution is -2.53. The predicted molar refractivity (Wildman–Crippen MR) is 157 cm³/mol. The molecular formula is C28H30Cl3N3O4S. The predicted octanol–water partition coefficient (Wildman–Crippen LogP) is 6.17. The maximum atomic E-state index is 14.0. The van der Waals surface area contributed by atoms with Gasteiger partial charge in [-0.15, -0.1) is 0 Å². The summed E-state index contributed by atoms with van der Waals surface area (Å²) in [6, 6.07) is 18.0. The SMILES string of the molecule is CCC(C(=O)NC(C)C)N(Cc1ccccc1Cl)C(=O)CN(c1ccc(Cl)c(Cl)c1)S(=O)(=O)c1ccccc1. The summed E-state index contributed by atoms with van der Waals surface area (Å²) in [4.78, 5) is 28.5. The van der Waals surface area contributed by atoms with E-state index < -0.39 is 28.5 Å². The average Bonchev–Trinajstić information content (AvgIpc) is 2.89. The highest BCUT2D eigenvalue weighted by Crippen LogP contribution is 2.31. The van der Waals surface area contributed by atoms with Crippen LogP contribution in [0, 0.1) is 0 Å². The van der Waals surface area contributed by atoms with Gasteiger partial charge in [0.1, 0.15) is 12.6 Å². The van der Waals surface area contributed by atoms with E-state index >= 15 is 0 Å². The molecule has 1 unspecified atom stereocenters. The van der Waals surface area contributed by atoms with Gasteiger partial charge in [-0.05, 0) is 62.2 Å². The van der Waals surface area contributed by atoms with Crippen LogP contribution in [0.1, 0.15) is 32.8 Å². The van der Waals surface area contributed by atoms with Crippen molar-refractivity contribution >= 4 is 62.3 Å². The molecule has 0 aliphatic heterocycles. The van der Waals surface area contributed by atoms with Crippen LogP contribution < -0.4 is 9.62 Å². The molecule has 0 aliphatic carbocycles. The second-order valence-corrected chi connectivity index (χ2v) is 12.2. The van der Waals surface area contributed by atoms with Crippen LogP contribution in [0.2, 0.25) is 15.1 Å². The first-order valence-corrected chi connectivity index (χ1v) is 14.9. The zero-order chi connectivity index (χ0) is 28.7. The normalized spacial score (nSPS) is 12.2. The van der Waals surface area contributed by atoms with E-state index in [4.69, 9.17) is 34.8 Å². The molecule has 0 spiro atoms. The number of sulfonamides is 1. The fourth-order valence-corrected chi connectivity index (χ4v) is 5.91. The van der Waals surface area contributed by atoms with E-state index in [-0.39, 0.29) is 39.1 Å². The molecule has 1 N–H and O–H groups in total. The highest BCUT2D eigenvalue weighted by molar-refractivity contribution is 7.92. The van der Waals surface area contributed by atoms with Crippen molar-refractivity contribution in [2.75, 3.05) is 10.8 Å². The molecule has 39 heavy (non-hydrogen) atoms. The van der Waals surface area contributed by atoms with Gasteiger partial charge in [-0.2, -0.15) is 0 Å². The smallest absolute Gasteiger partial charge is 0.264 e. The Bertz CT molecular complexity index is 1420. The Hall–Kier alpha value is -2.78. The molecule has 0 heterocycles. The highest BCUT2D eigenvalue weighted by Gasteiger charge is 2.34. The Morgan fingerprint density at radius 3 is 2.10 bits per heavy atom. The minimum Gasteiger partial charge on any atom is -0.352 e. The van der Waals surface area contributed by atoms with E-state index in [2.05, 4.69) is 5.32 Å². The first kappa shape index (κ1) is 30.8. The van der Waals surface area contributed by atoms with Crippen LogP contribution in [-0.4, -0.2) is 43.8 Å². The third-order valence-corrected chi connectivity index (χ3v) is 8.81. The van der Waals surface area contributed by atoms with E-state index in [1.54, 1.807) is 49.4 Å². The topological polar surface area (TPSA) is 86.8 Å². The zero-order valence-corrected chi connectivity index (χ0v) is 24.9. The van der Waals surface area contributed by atoms with E-state index in [1.807, 2.05) is 13.8 Å². The lowest BCUT2D eigenvalue weighted by molar-refractivity contribution is -0.140. The second kappa shape index (κ2) is 13.5. The van der Waals surface area contributed by atoms with Gasteiger partial charge in [-0.25, -0.2) is 8.42 Å². The average molecular weight is 611 g/mol. The summed E-state index contributed by atoms with van der Waals surface area (Å²) in [6.45, 7) is 4.84. The molecule has 2 amide bonds. The summed E-state index contributed by atoms with van der Waals surface area (Å²) in [5.41, 5.74) is 0.772. The van der Waals surface area contributed by atoms with Gasteiger partial charge in [0.15, 0.2) is 0 Å². The zero-order valence-electron chi connectivity index (χ0n) is 21.8. The minimum atomic E-state index is -4.21. The Balaban J connectivity index is 2.09. The van der Waals surface area contributed by atoms with E-state index in [0.717, 1.165) is 4.31 Å². The van der Waals surface area contributed by atoms with Crippen molar-refractivity contribution in [3.8, 4) is 0 Å². The Labute approximate surface area is 244 Å². The number of amides is 2. The largest absolute Gasteiger partial charge is 0.352 e. The number of nitrogens with one attached hydrogen (secondary N) is 1. The van der Waals surface area contributed by atoms with Crippen molar-refractivity contribution in [3.63, 3.8) is 0 Å². The third-order valence-electron chi connectivity index (χ3n) is 5.92. The molecule has 0 aromatic heterocycles. The number of anilines is 1. The fourth-order valence-electron chi connectivity index (χ4n) is 4.00. The molecule has 3 aromatic rings. The van der Waals surface area contributed by atoms with Crippen LogP contribution in [0.5, 0.6) is 0 Å². The van der Waals surface area contributed by atoms with Crippen molar-refractivity contribution in [1.82, 2.24) is 10.2 Å². The number of hydrogen-bond donors (Lipinski definition) is 1. The number of halogens is 3. The molecule has 0 fully saturated rings. The third kappa shape index (κ3) is 7.66. The van der Waals surface area contributed by atoms with Crippen LogP contribution >= 0.6 is 34.8 Å². The first-order valence-electron chi connectivity index (χ1n) is 12.3. The quantitative estimate of drug-likeness (QED) is 0.281. The van der Waals surface area contributed by atoms with Gasteiger partial charge in [0.05, 0.1) is 20.6 Å². The van der Waals surface area contributed by atoms with Gasteiger partial charge in [-0.3, -0.25) is 13.9 Å². The van der Waals surface area contributed by atoms with E-state index in [0.29, 0.717) is 17.0 Å². The van der Waals surface area contributed by atoms with Crippen molar-refractivity contribution < 1.29 is 18.0 Å². The molecule has 3 aromatic carbocycles. The van der Waals surface area contributed by atoms with Crippen molar-refractivity contribution in [2.45, 2.75) is 50.7 Å². The van der Waals surface area contributed by atoms with Gasteiger partial charge in [-0.1, -0.05) is 78.1 Å². The minimum absolute atomic E-state index is 0.00310. The first-order chi connectivity index (χ1) is 18.4. The monoisotopic (exact) mass is 609 g/mol. The molecule has 3 rings (SSSR count). The molecule has 0 bridgehead atoms. The van der Waals surface area contributed by atoms with Crippen LogP contribution in [-0.2, 0) is 26.2 Å². The summed E-state index contributed by atoms with van der Waals surface area (Å²) < 4.78 is 28.6. The summed E-state index contributed by atoms with van der Waals surface area (Å²) in [5, 5.41) is 3.65. The molecule has 0 saturated heterocycles. The Morgan fingerprint density at radius 2 is 1.51 bits per heavy atom. The summed E-state index contributed by atoms with van der Waals surface area (Å²) in [7, 11) is -4.21. The molecule has 1 atom stereocenters. The molecular weight excluding hydrogens is 581 g/mol. The number of hydrogen-bond acceptors (Lipinski definition) is 4. The summed E-state index contributed by atoms with van der Waals surface area (Å²) in [6.07, 6.45) is 0.299. The molecule has 0 aliphatic rings. The molecule has 7 nitrogen and oxygen atoms in total. The second-order valence-electron chi connectivity index (χ2n) is 9.12. The van der Waals surface area contributed by atoms with Gasteiger partial charge < -0.3 is 10.2 Å². The Kier molecular flexibility index (Phi) is 10.7. The molecule has 0 saturated carbocycles. The van der Waals surface area contributed by atoms with Crippen LogP contribution in [0.4, 0.5) is 5.69 Å². The van der Waals surface area contributed by atoms with Crippen LogP contribution in [0.3, 0.4) is 0 Å². The molecule has 0 radical (unpaired) electrons. The number of carbonyl (C=O) groups is 2. The number of benzene rings is 3. The highest BCUT2D eigenvalue weighted by atomic mass is 35.5. The van der Waals surface area contributed by atoms with Crippen molar-refractivity contribution in [2.24, 2.45) is 0 Å². The van der Waals surface area contributed by atoms with Crippen molar-refractivity contribution in [1.29, 1.82) is 0 Å². The van der Waals surface area contributed by atoms with Gasteiger partial charge in [0.25, 0.3) is 10.0 Å². The van der Waals surface area contributed by atoms with E-state index in [9.17, 15) is 18.0 Å². The fraction of sp³-hybridized carbons (Fsp3) is 0.286. The van der Waals surface area contributed by atoms with Crippen LogP contribution in [0.15, 0.2) is 77.7 Å². The van der Waals surface area contributed by atoms with Crippen LogP contribution in [0.25, 0.3) is 0 Å². The number of rotatable bonds is 11. The van der Waals surface area contributed by atoms with Gasteiger partial charge in [0.2, 0.25) is 11.8 Å². The lowest BCUT2D eigenvalue weighted by Gasteiger charge is -2.33. The number of nitrogens with zero attached hydrogens (tertiary/aromatic N) is 2. The van der Waals surface area contributed by atoms with Gasteiger partial charge >= 0.3 is 0 Å². The molecule has 208 valence electrons. The number of carbonyl (C=O) groups excluding carboxylic acids is 2. The Morgan fingerprint density at radius 1 is 0.872 bits per heavy atom. The van der Waals surface area contributed by atoms with E-state index in [1.165, 1.54) is 35.2 Å².